The zero-order valence-electron chi connectivity index (χ0n) is 10.5. The molecule has 4 heteroatoms. The van der Waals surface area contributed by atoms with Crippen molar-refractivity contribution in [3.8, 4) is 5.75 Å². The minimum absolute atomic E-state index is 0.0668. The number of carbonyl (C=O) groups excluding carboxylic acids is 1. The zero-order chi connectivity index (χ0) is 13.2. The maximum atomic E-state index is 12.0. The number of aromatic hydroxyl groups is 1. The van der Waals surface area contributed by atoms with E-state index in [2.05, 4.69) is 5.32 Å². The number of phenols is 1. The Morgan fingerprint density at radius 3 is 2.83 bits per heavy atom. The van der Waals surface area contributed by atoms with Crippen LogP contribution in [0.3, 0.4) is 0 Å². The second-order valence-electron chi connectivity index (χ2n) is 5.09. The Balaban J connectivity index is 1.98. The average Bonchev–Trinajstić information content (AvgIpc) is 3.11. The van der Waals surface area contributed by atoms with Gasteiger partial charge >= 0.3 is 0 Å². The van der Waals surface area contributed by atoms with Gasteiger partial charge in [-0.3, -0.25) is 4.79 Å². The number of aryl methyl sites for hydroxylation is 1. The Bertz CT molecular complexity index is 455. The van der Waals surface area contributed by atoms with Gasteiger partial charge in [-0.2, -0.15) is 0 Å². The van der Waals surface area contributed by atoms with Gasteiger partial charge in [-0.25, -0.2) is 0 Å². The summed E-state index contributed by atoms with van der Waals surface area (Å²) in [6.07, 6.45) is 3.19. The third-order valence-electron chi connectivity index (χ3n) is 3.69. The maximum absolute atomic E-state index is 12.0. The molecule has 18 heavy (non-hydrogen) atoms. The highest BCUT2D eigenvalue weighted by Gasteiger charge is 2.41. The van der Waals surface area contributed by atoms with Crippen LogP contribution >= 0.6 is 11.6 Å². The van der Waals surface area contributed by atoms with Crippen LogP contribution in [0.2, 0.25) is 0 Å². The molecule has 0 saturated heterocycles. The summed E-state index contributed by atoms with van der Waals surface area (Å²) in [5.74, 6) is 0.486. The van der Waals surface area contributed by atoms with Gasteiger partial charge in [0.1, 0.15) is 5.75 Å². The van der Waals surface area contributed by atoms with Crippen molar-refractivity contribution >= 4 is 17.5 Å². The molecule has 1 aliphatic rings. The molecule has 0 aliphatic heterocycles. The second-order valence-corrected chi connectivity index (χ2v) is 5.47. The molecule has 0 radical (unpaired) electrons. The van der Waals surface area contributed by atoms with E-state index >= 15 is 0 Å². The molecular formula is C14H18ClNO2. The van der Waals surface area contributed by atoms with E-state index in [-0.39, 0.29) is 17.1 Å². The van der Waals surface area contributed by atoms with E-state index in [9.17, 15) is 9.90 Å². The van der Waals surface area contributed by atoms with Gasteiger partial charge in [0, 0.05) is 12.4 Å². The van der Waals surface area contributed by atoms with Crippen LogP contribution in [-0.2, 0) is 0 Å². The van der Waals surface area contributed by atoms with Crippen LogP contribution in [0.5, 0.6) is 5.75 Å². The predicted molar refractivity (Wildman–Crippen MR) is 72.2 cm³/mol. The van der Waals surface area contributed by atoms with Crippen molar-refractivity contribution in [3.63, 3.8) is 0 Å². The molecule has 0 aromatic heterocycles. The van der Waals surface area contributed by atoms with Gasteiger partial charge < -0.3 is 10.4 Å². The van der Waals surface area contributed by atoms with E-state index in [1.165, 1.54) is 0 Å². The first-order valence-corrected chi connectivity index (χ1v) is 6.74. The summed E-state index contributed by atoms with van der Waals surface area (Å²) < 4.78 is 0. The molecule has 1 aliphatic carbocycles. The zero-order valence-corrected chi connectivity index (χ0v) is 11.3. The van der Waals surface area contributed by atoms with Crippen molar-refractivity contribution in [3.05, 3.63) is 29.3 Å². The third kappa shape index (κ3) is 2.78. The van der Waals surface area contributed by atoms with Gasteiger partial charge in [0.15, 0.2) is 0 Å². The monoisotopic (exact) mass is 267 g/mol. The maximum Gasteiger partial charge on any atom is 0.255 e. The molecule has 0 heterocycles. The fourth-order valence-electron chi connectivity index (χ4n) is 2.10. The van der Waals surface area contributed by atoms with Gasteiger partial charge in [0.2, 0.25) is 0 Å². The smallest absolute Gasteiger partial charge is 0.255 e. The summed E-state index contributed by atoms with van der Waals surface area (Å²) in [7, 11) is 0. The van der Waals surface area contributed by atoms with Crippen LogP contribution in [0.15, 0.2) is 18.2 Å². The first-order valence-electron chi connectivity index (χ1n) is 6.21. The topological polar surface area (TPSA) is 49.3 Å². The lowest BCUT2D eigenvalue weighted by atomic mass is 10.0. The van der Waals surface area contributed by atoms with Crippen LogP contribution in [0.4, 0.5) is 0 Å². The summed E-state index contributed by atoms with van der Waals surface area (Å²) in [5, 5.41) is 12.7. The van der Waals surface area contributed by atoms with Gasteiger partial charge in [-0.05, 0) is 43.2 Å². The lowest BCUT2D eigenvalue weighted by Crippen LogP contribution is -2.30. The minimum Gasteiger partial charge on any atom is -0.507 e. The molecule has 1 fully saturated rings. The molecule has 2 N–H and O–H groups in total. The van der Waals surface area contributed by atoms with Gasteiger partial charge in [-0.15, -0.1) is 11.6 Å². The molecule has 1 aromatic rings. The molecule has 1 aromatic carbocycles. The Kier molecular flexibility index (Phi) is 3.81. The largest absolute Gasteiger partial charge is 0.507 e. The highest BCUT2D eigenvalue weighted by Crippen LogP contribution is 2.48. The van der Waals surface area contributed by atoms with E-state index in [0.717, 1.165) is 19.3 Å². The van der Waals surface area contributed by atoms with Gasteiger partial charge in [0.05, 0.1) is 5.56 Å². The molecule has 0 unspecified atom stereocenters. The second kappa shape index (κ2) is 5.19. The van der Waals surface area contributed by atoms with E-state index in [0.29, 0.717) is 23.6 Å². The number of phenolic OH excluding ortho intramolecular Hbond substituents is 1. The number of para-hydroxylation sites is 1. The Labute approximate surface area is 112 Å². The van der Waals surface area contributed by atoms with Gasteiger partial charge in [0.25, 0.3) is 5.91 Å². The van der Waals surface area contributed by atoms with Crippen molar-refractivity contribution in [1.29, 1.82) is 0 Å². The number of amides is 1. The highest BCUT2D eigenvalue weighted by molar-refractivity contribution is 6.17. The quantitative estimate of drug-likeness (QED) is 0.806. The summed E-state index contributed by atoms with van der Waals surface area (Å²) in [5.41, 5.74) is 1.26. The van der Waals surface area contributed by atoms with Crippen molar-refractivity contribution in [2.75, 3.05) is 12.4 Å². The highest BCUT2D eigenvalue weighted by atomic mass is 35.5. The molecule has 0 spiro atoms. The molecule has 2 rings (SSSR count). The summed E-state index contributed by atoms with van der Waals surface area (Å²) in [6.45, 7) is 2.42. The first-order chi connectivity index (χ1) is 8.58. The van der Waals surface area contributed by atoms with Gasteiger partial charge in [-0.1, -0.05) is 12.1 Å². The van der Waals surface area contributed by atoms with Crippen molar-refractivity contribution in [1.82, 2.24) is 5.32 Å². The van der Waals surface area contributed by atoms with E-state index < -0.39 is 0 Å². The van der Waals surface area contributed by atoms with Crippen molar-refractivity contribution < 1.29 is 9.90 Å². The lowest BCUT2D eigenvalue weighted by molar-refractivity contribution is 0.0941. The number of carbonyl (C=O) groups is 1. The molecule has 0 bridgehead atoms. The summed E-state index contributed by atoms with van der Waals surface area (Å²) in [6, 6.07) is 5.19. The number of halogens is 1. The number of rotatable bonds is 5. The predicted octanol–water partition coefficient (Wildman–Crippen LogP) is 2.84. The van der Waals surface area contributed by atoms with Crippen molar-refractivity contribution in [2.45, 2.75) is 26.2 Å². The minimum atomic E-state index is -0.211. The van der Waals surface area contributed by atoms with Crippen LogP contribution in [0.1, 0.15) is 35.2 Å². The van der Waals surface area contributed by atoms with Crippen LogP contribution in [0.25, 0.3) is 0 Å². The molecule has 0 atom stereocenters. The Morgan fingerprint density at radius 1 is 1.50 bits per heavy atom. The van der Waals surface area contributed by atoms with Crippen LogP contribution < -0.4 is 5.32 Å². The molecule has 98 valence electrons. The first kappa shape index (κ1) is 13.2. The number of benzene rings is 1. The SMILES string of the molecule is Cc1cccc(C(=O)NCC2(CCCl)CC2)c1O. The summed E-state index contributed by atoms with van der Waals surface area (Å²) >= 11 is 5.75. The van der Waals surface area contributed by atoms with Crippen LogP contribution in [0, 0.1) is 12.3 Å². The summed E-state index contributed by atoms with van der Waals surface area (Å²) in [4.78, 5) is 12.0. The number of hydrogen-bond acceptors (Lipinski definition) is 2. The van der Waals surface area contributed by atoms with E-state index in [4.69, 9.17) is 11.6 Å². The number of alkyl halides is 1. The fourth-order valence-corrected chi connectivity index (χ4v) is 2.50. The number of nitrogens with one attached hydrogen (secondary N) is 1. The third-order valence-corrected chi connectivity index (χ3v) is 3.88. The van der Waals surface area contributed by atoms with Crippen molar-refractivity contribution in [2.24, 2.45) is 5.41 Å². The Morgan fingerprint density at radius 2 is 2.22 bits per heavy atom. The fraction of sp³-hybridized carbons (Fsp3) is 0.500. The molecule has 1 saturated carbocycles. The molecule has 1 amide bonds. The van der Waals surface area contributed by atoms with E-state index in [1.54, 1.807) is 25.1 Å². The number of hydrogen-bond donors (Lipinski definition) is 2. The standard InChI is InChI=1S/C14H18ClNO2/c1-10-3-2-4-11(12(10)17)13(18)16-9-14(5-6-14)7-8-15/h2-4,17H,5-9H2,1H3,(H,16,18). The normalized spacial score (nSPS) is 16.3. The molecule has 3 nitrogen and oxygen atoms in total. The Hall–Kier alpha value is -1.22. The average molecular weight is 268 g/mol. The van der Waals surface area contributed by atoms with E-state index in [1.807, 2.05) is 0 Å². The molecular weight excluding hydrogens is 250 g/mol. The van der Waals surface area contributed by atoms with Crippen LogP contribution in [-0.4, -0.2) is 23.4 Å². The lowest BCUT2D eigenvalue weighted by Gasteiger charge is -2.15.